The second kappa shape index (κ2) is 7.81. The van der Waals surface area contributed by atoms with Gasteiger partial charge < -0.3 is 20.0 Å². The number of nitrogens with two attached hydrogens (primary N) is 1. The van der Waals surface area contributed by atoms with Crippen molar-refractivity contribution in [3.05, 3.63) is 46.4 Å². The van der Waals surface area contributed by atoms with Crippen molar-refractivity contribution in [2.75, 3.05) is 25.9 Å². The van der Waals surface area contributed by atoms with Crippen LogP contribution in [0.4, 0.5) is 5.82 Å². The molecule has 0 aliphatic carbocycles. The quantitative estimate of drug-likeness (QED) is 0.632. The number of carbonyl (C=O) groups is 1. The molecule has 2 heterocycles. The average Bonchev–Trinajstić information content (AvgIpc) is 2.93. The SMILES string of the molecule is Cc1oc2nc(CN(C)CCOc3ccc(Cl)cc3)nc(N)c2c1C(=O)O. The molecule has 9 heteroatoms. The Morgan fingerprint density at radius 2 is 2.04 bits per heavy atom. The number of ether oxygens (including phenoxy) is 1. The number of aromatic carboxylic acids is 1. The molecule has 8 nitrogen and oxygen atoms in total. The van der Waals surface area contributed by atoms with Gasteiger partial charge in [0.05, 0.1) is 11.9 Å². The van der Waals surface area contributed by atoms with Crippen LogP contribution in [0.2, 0.25) is 5.02 Å². The number of carboxylic acids is 1. The van der Waals surface area contributed by atoms with E-state index in [1.54, 1.807) is 31.2 Å². The standard InChI is InChI=1S/C18H19ClN4O4/c1-10-14(18(24)25)15-16(20)21-13(22-17(15)27-10)9-23(2)7-8-26-12-5-3-11(19)4-6-12/h3-6H,7-9H2,1-2H3,(H,24,25)(H2,20,21,22). The van der Waals surface area contributed by atoms with Crippen LogP contribution >= 0.6 is 11.6 Å². The number of benzene rings is 1. The molecule has 0 amide bonds. The van der Waals surface area contributed by atoms with Gasteiger partial charge in [0, 0.05) is 11.6 Å². The summed E-state index contributed by atoms with van der Waals surface area (Å²) in [7, 11) is 1.89. The lowest BCUT2D eigenvalue weighted by atomic mass is 10.2. The first-order valence-electron chi connectivity index (χ1n) is 8.21. The molecule has 0 bridgehead atoms. The molecular weight excluding hydrogens is 372 g/mol. The number of fused-ring (bicyclic) bond motifs is 1. The van der Waals surface area contributed by atoms with Crippen LogP contribution in [0.25, 0.3) is 11.1 Å². The van der Waals surface area contributed by atoms with E-state index in [0.29, 0.717) is 30.5 Å². The fraction of sp³-hybridized carbons (Fsp3) is 0.278. The lowest BCUT2D eigenvalue weighted by Crippen LogP contribution is -2.25. The number of furan rings is 1. The fourth-order valence-corrected chi connectivity index (χ4v) is 2.81. The van der Waals surface area contributed by atoms with Crippen molar-refractivity contribution in [3.8, 4) is 5.75 Å². The van der Waals surface area contributed by atoms with Gasteiger partial charge in [-0.2, -0.15) is 4.98 Å². The zero-order chi connectivity index (χ0) is 19.6. The number of aryl methyl sites for hydroxylation is 1. The van der Waals surface area contributed by atoms with Gasteiger partial charge in [-0.1, -0.05) is 11.6 Å². The summed E-state index contributed by atoms with van der Waals surface area (Å²) in [5, 5.41) is 10.2. The molecule has 27 heavy (non-hydrogen) atoms. The minimum Gasteiger partial charge on any atom is -0.492 e. The highest BCUT2D eigenvalue weighted by atomic mass is 35.5. The van der Waals surface area contributed by atoms with Crippen molar-refractivity contribution in [2.24, 2.45) is 0 Å². The first-order valence-corrected chi connectivity index (χ1v) is 8.58. The second-order valence-electron chi connectivity index (χ2n) is 6.08. The Kier molecular flexibility index (Phi) is 5.48. The van der Waals surface area contributed by atoms with Gasteiger partial charge in [-0.3, -0.25) is 4.90 Å². The Morgan fingerprint density at radius 3 is 2.70 bits per heavy atom. The van der Waals surface area contributed by atoms with Crippen molar-refractivity contribution < 1.29 is 19.1 Å². The number of nitrogens with zero attached hydrogens (tertiary/aromatic N) is 3. The molecule has 0 atom stereocenters. The highest BCUT2D eigenvalue weighted by Crippen LogP contribution is 2.28. The number of aromatic nitrogens is 2. The molecule has 0 aliphatic rings. The van der Waals surface area contributed by atoms with Crippen LogP contribution in [0.1, 0.15) is 21.9 Å². The van der Waals surface area contributed by atoms with Crippen molar-refractivity contribution in [2.45, 2.75) is 13.5 Å². The number of halogens is 1. The second-order valence-corrected chi connectivity index (χ2v) is 6.52. The first-order chi connectivity index (χ1) is 12.8. The Morgan fingerprint density at radius 1 is 1.33 bits per heavy atom. The lowest BCUT2D eigenvalue weighted by Gasteiger charge is -2.16. The van der Waals surface area contributed by atoms with Gasteiger partial charge in [0.1, 0.15) is 35.3 Å². The monoisotopic (exact) mass is 390 g/mol. The van der Waals surface area contributed by atoms with E-state index in [1.807, 2.05) is 11.9 Å². The molecule has 0 spiro atoms. The molecule has 0 saturated carbocycles. The predicted molar refractivity (Wildman–Crippen MR) is 101 cm³/mol. The van der Waals surface area contributed by atoms with E-state index >= 15 is 0 Å². The Balaban J connectivity index is 1.65. The summed E-state index contributed by atoms with van der Waals surface area (Å²) >= 11 is 5.84. The van der Waals surface area contributed by atoms with Crippen LogP contribution < -0.4 is 10.5 Å². The molecule has 3 N–H and O–H groups in total. The molecule has 2 aromatic heterocycles. The average molecular weight is 391 g/mol. The van der Waals surface area contributed by atoms with E-state index in [1.165, 1.54) is 0 Å². The van der Waals surface area contributed by atoms with E-state index in [0.717, 1.165) is 5.75 Å². The van der Waals surface area contributed by atoms with Crippen LogP contribution in [0, 0.1) is 6.92 Å². The Hall–Kier alpha value is -2.84. The van der Waals surface area contributed by atoms with E-state index in [9.17, 15) is 9.90 Å². The van der Waals surface area contributed by atoms with Gasteiger partial charge in [-0.05, 0) is 38.2 Å². The molecule has 0 radical (unpaired) electrons. The van der Waals surface area contributed by atoms with Crippen LogP contribution in [0.3, 0.4) is 0 Å². The Labute approximate surface area is 160 Å². The maximum Gasteiger partial charge on any atom is 0.340 e. The summed E-state index contributed by atoms with van der Waals surface area (Å²) in [6, 6.07) is 7.14. The van der Waals surface area contributed by atoms with E-state index < -0.39 is 5.97 Å². The van der Waals surface area contributed by atoms with Crippen LogP contribution in [0.15, 0.2) is 28.7 Å². The highest BCUT2D eigenvalue weighted by molar-refractivity contribution is 6.30. The fourth-order valence-electron chi connectivity index (χ4n) is 2.68. The number of rotatable bonds is 7. The van der Waals surface area contributed by atoms with Crippen molar-refractivity contribution in [1.29, 1.82) is 0 Å². The summed E-state index contributed by atoms with van der Waals surface area (Å²) in [6.45, 7) is 3.07. The van der Waals surface area contributed by atoms with Crippen molar-refractivity contribution in [3.63, 3.8) is 0 Å². The number of hydrogen-bond donors (Lipinski definition) is 2. The van der Waals surface area contributed by atoms with Gasteiger partial charge in [-0.15, -0.1) is 0 Å². The zero-order valence-corrected chi connectivity index (χ0v) is 15.7. The third kappa shape index (κ3) is 4.29. The smallest absolute Gasteiger partial charge is 0.340 e. The molecule has 1 aromatic carbocycles. The van der Waals surface area contributed by atoms with Crippen molar-refractivity contribution >= 4 is 34.5 Å². The molecule has 0 aliphatic heterocycles. The third-order valence-electron chi connectivity index (χ3n) is 3.98. The number of nitrogen functional groups attached to an aromatic ring is 1. The van der Waals surface area contributed by atoms with Gasteiger partial charge in [-0.25, -0.2) is 9.78 Å². The van der Waals surface area contributed by atoms with Crippen LogP contribution in [-0.2, 0) is 6.54 Å². The maximum absolute atomic E-state index is 11.4. The van der Waals surface area contributed by atoms with E-state index in [4.69, 9.17) is 26.5 Å². The molecule has 3 aromatic rings. The van der Waals surface area contributed by atoms with E-state index in [-0.39, 0.29) is 28.2 Å². The van der Waals surface area contributed by atoms with Crippen LogP contribution in [-0.4, -0.2) is 46.1 Å². The number of carboxylic acid groups (broad SMARTS) is 1. The molecule has 3 rings (SSSR count). The summed E-state index contributed by atoms with van der Waals surface area (Å²) in [5.41, 5.74) is 6.12. The minimum atomic E-state index is -1.12. The highest BCUT2D eigenvalue weighted by Gasteiger charge is 2.22. The number of likely N-dealkylation sites (N-methyl/N-ethyl adjacent to an activating group) is 1. The normalized spacial score (nSPS) is 11.3. The lowest BCUT2D eigenvalue weighted by molar-refractivity contribution is 0.0697. The summed E-state index contributed by atoms with van der Waals surface area (Å²) < 4.78 is 11.1. The topological polar surface area (TPSA) is 115 Å². The van der Waals surface area contributed by atoms with E-state index in [2.05, 4.69) is 9.97 Å². The van der Waals surface area contributed by atoms with Gasteiger partial charge >= 0.3 is 5.97 Å². The largest absolute Gasteiger partial charge is 0.492 e. The first kappa shape index (κ1) is 18.9. The molecule has 142 valence electrons. The van der Waals surface area contributed by atoms with Gasteiger partial charge in [0.2, 0.25) is 5.71 Å². The van der Waals surface area contributed by atoms with Gasteiger partial charge in [0.25, 0.3) is 0 Å². The predicted octanol–water partition coefficient (Wildman–Crippen LogP) is 2.98. The number of anilines is 1. The van der Waals surface area contributed by atoms with Crippen molar-refractivity contribution in [1.82, 2.24) is 14.9 Å². The van der Waals surface area contributed by atoms with Crippen LogP contribution in [0.5, 0.6) is 5.75 Å². The molecule has 0 unspecified atom stereocenters. The number of hydrogen-bond acceptors (Lipinski definition) is 7. The summed E-state index contributed by atoms with van der Waals surface area (Å²) in [5.74, 6) is 0.405. The molecular formula is C18H19ClN4O4. The maximum atomic E-state index is 11.4. The van der Waals surface area contributed by atoms with Gasteiger partial charge in [0.15, 0.2) is 0 Å². The third-order valence-corrected chi connectivity index (χ3v) is 4.23. The Bertz CT molecular complexity index is 972. The minimum absolute atomic E-state index is 0.00114. The summed E-state index contributed by atoms with van der Waals surface area (Å²) in [4.78, 5) is 21.8. The molecule has 0 saturated heterocycles. The summed E-state index contributed by atoms with van der Waals surface area (Å²) in [6.07, 6.45) is 0. The molecule has 0 fully saturated rings. The zero-order valence-electron chi connectivity index (χ0n) is 14.9.